The molecule has 102 valence electrons. The molecule has 1 amide bonds. The van der Waals surface area contributed by atoms with Crippen LogP contribution < -0.4 is 10.6 Å². The van der Waals surface area contributed by atoms with E-state index in [4.69, 9.17) is 0 Å². The summed E-state index contributed by atoms with van der Waals surface area (Å²) in [6.07, 6.45) is 6.36. The molecule has 0 aliphatic heterocycles. The first kappa shape index (κ1) is 12.5. The van der Waals surface area contributed by atoms with Gasteiger partial charge in [-0.2, -0.15) is 0 Å². The number of hydrogen-bond acceptors (Lipinski definition) is 2. The average molecular weight is 250 g/mol. The third-order valence-corrected chi connectivity index (χ3v) is 5.68. The fourth-order valence-corrected chi connectivity index (χ4v) is 4.51. The van der Waals surface area contributed by atoms with Crippen LogP contribution in [0.25, 0.3) is 0 Å². The second-order valence-electron chi connectivity index (χ2n) is 7.57. The Balaban J connectivity index is 1.59. The molecular formula is C15H26N2O. The highest BCUT2D eigenvalue weighted by molar-refractivity contribution is 5.78. The lowest BCUT2D eigenvalue weighted by molar-refractivity contribution is -0.120. The average Bonchev–Trinajstić information content (AvgIpc) is 2.94. The first-order valence-corrected chi connectivity index (χ1v) is 7.44. The summed E-state index contributed by atoms with van der Waals surface area (Å²) in [7, 11) is 0. The lowest BCUT2D eigenvalue weighted by Crippen LogP contribution is -2.52. The quantitative estimate of drug-likeness (QED) is 0.802. The topological polar surface area (TPSA) is 41.1 Å². The van der Waals surface area contributed by atoms with Gasteiger partial charge in [-0.3, -0.25) is 4.79 Å². The number of rotatable bonds is 4. The summed E-state index contributed by atoms with van der Waals surface area (Å²) in [5.74, 6) is 1.02. The van der Waals surface area contributed by atoms with Crippen LogP contribution >= 0.6 is 0 Å². The van der Waals surface area contributed by atoms with Crippen molar-refractivity contribution < 1.29 is 4.79 Å². The predicted octanol–water partition coefficient (Wildman–Crippen LogP) is 2.07. The van der Waals surface area contributed by atoms with Gasteiger partial charge in [-0.15, -0.1) is 0 Å². The van der Waals surface area contributed by atoms with Crippen LogP contribution in [0, 0.1) is 16.7 Å². The molecule has 3 unspecified atom stereocenters. The number of nitrogens with one attached hydrogen (secondary N) is 2. The summed E-state index contributed by atoms with van der Waals surface area (Å²) in [5.41, 5.74) is 0.751. The van der Waals surface area contributed by atoms with E-state index in [2.05, 4.69) is 31.4 Å². The Kier molecular flexibility index (Phi) is 2.74. The highest BCUT2D eigenvalue weighted by atomic mass is 16.2. The Morgan fingerprint density at radius 1 is 1.22 bits per heavy atom. The van der Waals surface area contributed by atoms with Gasteiger partial charge in [0.25, 0.3) is 0 Å². The van der Waals surface area contributed by atoms with Gasteiger partial charge in [-0.1, -0.05) is 20.8 Å². The Morgan fingerprint density at radius 3 is 2.50 bits per heavy atom. The largest absolute Gasteiger partial charge is 0.352 e. The van der Waals surface area contributed by atoms with E-state index in [0.717, 1.165) is 5.92 Å². The van der Waals surface area contributed by atoms with Gasteiger partial charge in [0.05, 0.1) is 6.54 Å². The van der Waals surface area contributed by atoms with Crippen LogP contribution in [0.2, 0.25) is 0 Å². The Morgan fingerprint density at radius 2 is 1.94 bits per heavy atom. The number of hydrogen-bond donors (Lipinski definition) is 2. The van der Waals surface area contributed by atoms with Crippen LogP contribution in [-0.2, 0) is 4.79 Å². The van der Waals surface area contributed by atoms with Gasteiger partial charge < -0.3 is 10.6 Å². The van der Waals surface area contributed by atoms with Gasteiger partial charge in [-0.25, -0.2) is 0 Å². The van der Waals surface area contributed by atoms with Crippen molar-refractivity contribution in [2.45, 2.75) is 65.0 Å². The molecule has 0 saturated heterocycles. The Labute approximate surface area is 110 Å². The highest BCUT2D eigenvalue weighted by Crippen LogP contribution is 2.62. The molecule has 18 heavy (non-hydrogen) atoms. The molecule has 0 spiro atoms. The summed E-state index contributed by atoms with van der Waals surface area (Å²) in [6, 6.07) is 0.969. The zero-order chi connectivity index (χ0) is 13.0. The minimum Gasteiger partial charge on any atom is -0.352 e. The summed E-state index contributed by atoms with van der Waals surface area (Å²) in [6.45, 7) is 7.64. The summed E-state index contributed by atoms with van der Waals surface area (Å²) in [5, 5.41) is 6.62. The second-order valence-corrected chi connectivity index (χ2v) is 7.57. The maximum absolute atomic E-state index is 11.8. The van der Waals surface area contributed by atoms with Gasteiger partial charge in [0.1, 0.15) is 0 Å². The molecule has 3 aliphatic rings. The van der Waals surface area contributed by atoms with Crippen LogP contribution in [0.1, 0.15) is 52.9 Å². The predicted molar refractivity (Wildman–Crippen MR) is 72.2 cm³/mol. The Bertz CT molecular complexity index is 357. The normalized spacial score (nSPS) is 41.1. The number of carbonyl (C=O) groups is 1. The van der Waals surface area contributed by atoms with E-state index in [1.54, 1.807) is 0 Å². The van der Waals surface area contributed by atoms with E-state index in [-0.39, 0.29) is 5.91 Å². The first-order chi connectivity index (χ1) is 8.42. The fraction of sp³-hybridized carbons (Fsp3) is 0.933. The molecular weight excluding hydrogens is 224 g/mol. The summed E-state index contributed by atoms with van der Waals surface area (Å²) >= 11 is 0. The molecule has 3 atom stereocenters. The zero-order valence-electron chi connectivity index (χ0n) is 11.9. The third-order valence-electron chi connectivity index (χ3n) is 5.68. The lowest BCUT2D eigenvalue weighted by Gasteiger charge is -2.43. The van der Waals surface area contributed by atoms with Crippen molar-refractivity contribution in [1.82, 2.24) is 10.6 Å². The van der Waals surface area contributed by atoms with E-state index >= 15 is 0 Å². The van der Waals surface area contributed by atoms with Crippen molar-refractivity contribution in [2.75, 3.05) is 6.54 Å². The molecule has 3 saturated carbocycles. The SMILES string of the molecule is CC12CCC(C1)C(C)(C)C2NCC(=O)NC1CC1. The molecule has 0 aromatic rings. The number of fused-ring (bicyclic) bond motifs is 2. The van der Waals surface area contributed by atoms with Crippen molar-refractivity contribution in [2.24, 2.45) is 16.7 Å². The molecule has 2 bridgehead atoms. The molecule has 0 aromatic carbocycles. The fourth-order valence-electron chi connectivity index (χ4n) is 4.51. The Hall–Kier alpha value is -0.570. The van der Waals surface area contributed by atoms with Crippen LogP contribution in [0.5, 0.6) is 0 Å². The molecule has 3 heteroatoms. The van der Waals surface area contributed by atoms with Gasteiger partial charge in [-0.05, 0) is 48.9 Å². The van der Waals surface area contributed by atoms with Crippen molar-refractivity contribution in [3.63, 3.8) is 0 Å². The molecule has 0 radical (unpaired) electrons. The maximum Gasteiger partial charge on any atom is 0.234 e. The van der Waals surface area contributed by atoms with E-state index in [1.807, 2.05) is 0 Å². The van der Waals surface area contributed by atoms with E-state index in [1.165, 1.54) is 32.1 Å². The maximum atomic E-state index is 11.8. The lowest BCUT2D eigenvalue weighted by atomic mass is 9.68. The van der Waals surface area contributed by atoms with E-state index in [9.17, 15) is 4.79 Å². The monoisotopic (exact) mass is 250 g/mol. The van der Waals surface area contributed by atoms with Crippen LogP contribution in [0.3, 0.4) is 0 Å². The molecule has 3 nitrogen and oxygen atoms in total. The van der Waals surface area contributed by atoms with Crippen LogP contribution in [0.4, 0.5) is 0 Å². The smallest absolute Gasteiger partial charge is 0.234 e. The summed E-state index contributed by atoms with van der Waals surface area (Å²) in [4.78, 5) is 11.8. The highest BCUT2D eigenvalue weighted by Gasteiger charge is 2.58. The molecule has 3 rings (SSSR count). The minimum atomic E-state index is 0.180. The van der Waals surface area contributed by atoms with Gasteiger partial charge in [0.15, 0.2) is 0 Å². The second kappa shape index (κ2) is 3.96. The number of carbonyl (C=O) groups excluding carboxylic acids is 1. The van der Waals surface area contributed by atoms with Crippen molar-refractivity contribution in [1.29, 1.82) is 0 Å². The molecule has 2 N–H and O–H groups in total. The minimum absolute atomic E-state index is 0.180. The van der Waals surface area contributed by atoms with Crippen molar-refractivity contribution in [3.05, 3.63) is 0 Å². The third kappa shape index (κ3) is 1.97. The van der Waals surface area contributed by atoms with Gasteiger partial charge in [0.2, 0.25) is 5.91 Å². The molecule has 0 heterocycles. The first-order valence-electron chi connectivity index (χ1n) is 7.44. The van der Waals surface area contributed by atoms with Gasteiger partial charge in [0, 0.05) is 12.1 Å². The molecule has 3 aliphatic carbocycles. The van der Waals surface area contributed by atoms with Crippen molar-refractivity contribution >= 4 is 5.91 Å². The van der Waals surface area contributed by atoms with Crippen LogP contribution in [-0.4, -0.2) is 24.5 Å². The van der Waals surface area contributed by atoms with Crippen LogP contribution in [0.15, 0.2) is 0 Å². The molecule has 3 fully saturated rings. The zero-order valence-corrected chi connectivity index (χ0v) is 11.9. The number of amides is 1. The van der Waals surface area contributed by atoms with E-state index < -0.39 is 0 Å². The summed E-state index contributed by atoms with van der Waals surface area (Å²) < 4.78 is 0. The molecule has 0 aromatic heterocycles. The van der Waals surface area contributed by atoms with Gasteiger partial charge >= 0.3 is 0 Å². The van der Waals surface area contributed by atoms with Crippen molar-refractivity contribution in [3.8, 4) is 0 Å². The van der Waals surface area contributed by atoms with E-state index in [0.29, 0.717) is 29.5 Å². The standard InChI is InChI=1S/C15H26N2O/c1-14(2)10-6-7-15(3,8-10)13(14)16-9-12(18)17-11-4-5-11/h10-11,13,16H,4-9H2,1-3H3,(H,17,18).